The summed E-state index contributed by atoms with van der Waals surface area (Å²) < 4.78 is 38.2. The van der Waals surface area contributed by atoms with Crippen LogP contribution in [0.4, 0.5) is 0 Å². The molecule has 0 radical (unpaired) electrons. The van der Waals surface area contributed by atoms with Crippen molar-refractivity contribution in [2.24, 2.45) is 0 Å². The molecule has 0 N–H and O–H groups in total. The number of esters is 1. The van der Waals surface area contributed by atoms with Crippen LogP contribution in [0.2, 0.25) is 0 Å². The van der Waals surface area contributed by atoms with Gasteiger partial charge in [0, 0.05) is 25.6 Å². The van der Waals surface area contributed by atoms with Crippen LogP contribution >= 0.6 is 11.3 Å². The van der Waals surface area contributed by atoms with E-state index in [4.69, 9.17) is 9.47 Å². The molecule has 0 aliphatic heterocycles. The minimum Gasteiger partial charge on any atom is -0.461 e. The molecule has 0 fully saturated rings. The number of aromatic nitrogens is 1. The summed E-state index contributed by atoms with van der Waals surface area (Å²) in [5.41, 5.74) is 0.191. The summed E-state index contributed by atoms with van der Waals surface area (Å²) >= 11 is 1.24. The minimum absolute atomic E-state index is 0.0724. The molecule has 0 aliphatic carbocycles. The molecule has 7 nitrogen and oxygen atoms in total. The Labute approximate surface area is 180 Å². The Morgan fingerprint density at radius 3 is 2.67 bits per heavy atom. The molecule has 0 amide bonds. The van der Waals surface area contributed by atoms with Crippen LogP contribution in [0.15, 0.2) is 52.7 Å². The number of hydrogen-bond donors (Lipinski definition) is 0. The summed E-state index contributed by atoms with van der Waals surface area (Å²) in [6.07, 6.45) is 0.541. The van der Waals surface area contributed by atoms with Gasteiger partial charge in [-0.15, -0.1) is 11.3 Å². The summed E-state index contributed by atoms with van der Waals surface area (Å²) in [5, 5.41) is 3.94. The number of methoxy groups -OCH3 is 1. The third kappa shape index (κ3) is 5.23. The first-order chi connectivity index (χ1) is 14.5. The van der Waals surface area contributed by atoms with Crippen LogP contribution in [-0.2, 0) is 26.0 Å². The van der Waals surface area contributed by atoms with E-state index in [1.807, 2.05) is 24.3 Å². The van der Waals surface area contributed by atoms with E-state index in [9.17, 15) is 13.2 Å². The van der Waals surface area contributed by atoms with Gasteiger partial charge >= 0.3 is 5.97 Å². The molecule has 0 spiro atoms. The highest BCUT2D eigenvalue weighted by Crippen LogP contribution is 2.24. The van der Waals surface area contributed by atoms with Crippen LogP contribution < -0.4 is 0 Å². The number of carbonyl (C=O) groups is 1. The molecule has 0 saturated heterocycles. The molecular weight excluding hydrogens is 424 g/mol. The lowest BCUT2D eigenvalue weighted by molar-refractivity contribution is 0.0520. The fourth-order valence-electron chi connectivity index (χ4n) is 2.98. The Kier molecular flexibility index (Phi) is 7.54. The summed E-state index contributed by atoms with van der Waals surface area (Å²) in [7, 11) is -2.19. The zero-order valence-corrected chi connectivity index (χ0v) is 18.5. The number of nitrogens with zero attached hydrogens (tertiary/aromatic N) is 2. The second-order valence-corrected chi connectivity index (χ2v) is 9.42. The topological polar surface area (TPSA) is 85.8 Å². The first-order valence-electron chi connectivity index (χ1n) is 9.55. The lowest BCUT2D eigenvalue weighted by atomic mass is 10.1. The summed E-state index contributed by atoms with van der Waals surface area (Å²) in [4.78, 5) is 16.4. The predicted octanol–water partition coefficient (Wildman–Crippen LogP) is 3.70. The standard InChI is InChI=1S/C21H24N2O5S2/c1-3-28-21(24)19-15-29-20(22-19)14-23(11-6-12-27-2)30(25,26)18-10-9-16-7-4-5-8-17(16)13-18/h4-5,7-10,13,15H,3,6,11-12,14H2,1-2H3. The quantitative estimate of drug-likeness (QED) is 0.347. The van der Waals surface area contributed by atoms with Crippen LogP contribution in [0.3, 0.4) is 0 Å². The highest BCUT2D eigenvalue weighted by atomic mass is 32.2. The van der Waals surface area contributed by atoms with Gasteiger partial charge in [-0.1, -0.05) is 30.3 Å². The number of thiazole rings is 1. The molecule has 160 valence electrons. The van der Waals surface area contributed by atoms with Gasteiger partial charge in [0.25, 0.3) is 0 Å². The summed E-state index contributed by atoms with van der Waals surface area (Å²) in [6.45, 7) is 2.76. The van der Waals surface area contributed by atoms with Crippen LogP contribution in [-0.4, -0.2) is 50.5 Å². The van der Waals surface area contributed by atoms with Crippen molar-refractivity contribution in [3.8, 4) is 0 Å². The van der Waals surface area contributed by atoms with Crippen LogP contribution in [0, 0.1) is 0 Å². The fourth-order valence-corrected chi connectivity index (χ4v) is 5.32. The van der Waals surface area contributed by atoms with Crippen molar-refractivity contribution in [3.63, 3.8) is 0 Å². The van der Waals surface area contributed by atoms with E-state index in [0.717, 1.165) is 10.8 Å². The molecule has 0 bridgehead atoms. The maximum atomic E-state index is 13.4. The summed E-state index contributed by atoms with van der Waals surface area (Å²) in [5.74, 6) is -0.511. The maximum absolute atomic E-state index is 13.4. The van der Waals surface area contributed by atoms with Crippen LogP contribution in [0.25, 0.3) is 10.8 Å². The summed E-state index contributed by atoms with van der Waals surface area (Å²) in [6, 6.07) is 12.7. The Morgan fingerprint density at radius 1 is 1.17 bits per heavy atom. The van der Waals surface area contributed by atoms with Crippen molar-refractivity contribution in [1.82, 2.24) is 9.29 Å². The molecule has 1 aromatic heterocycles. The Bertz CT molecular complexity index is 1110. The highest BCUT2D eigenvalue weighted by Gasteiger charge is 2.26. The van der Waals surface area contributed by atoms with E-state index in [1.165, 1.54) is 15.6 Å². The zero-order chi connectivity index (χ0) is 21.6. The average molecular weight is 449 g/mol. The maximum Gasteiger partial charge on any atom is 0.357 e. The minimum atomic E-state index is -3.76. The monoisotopic (exact) mass is 448 g/mol. The number of carbonyl (C=O) groups excluding carboxylic acids is 1. The van der Waals surface area contributed by atoms with Crippen molar-refractivity contribution in [3.05, 3.63) is 58.5 Å². The first kappa shape index (κ1) is 22.4. The third-order valence-electron chi connectivity index (χ3n) is 4.46. The van der Waals surface area contributed by atoms with E-state index in [1.54, 1.807) is 37.6 Å². The van der Waals surface area contributed by atoms with Gasteiger partial charge in [-0.25, -0.2) is 18.2 Å². The van der Waals surface area contributed by atoms with Crippen LogP contribution in [0.1, 0.15) is 28.8 Å². The van der Waals surface area contributed by atoms with Crippen LogP contribution in [0.5, 0.6) is 0 Å². The van der Waals surface area contributed by atoms with Gasteiger partial charge in [-0.3, -0.25) is 0 Å². The number of benzene rings is 2. The number of rotatable bonds is 10. The molecule has 0 unspecified atom stereocenters. The molecular formula is C21H24N2O5S2. The second-order valence-electron chi connectivity index (χ2n) is 6.54. The van der Waals surface area contributed by atoms with Gasteiger partial charge in [-0.05, 0) is 36.2 Å². The van der Waals surface area contributed by atoms with Crippen molar-refractivity contribution in [1.29, 1.82) is 0 Å². The van der Waals surface area contributed by atoms with E-state index in [0.29, 0.717) is 18.0 Å². The van der Waals surface area contributed by atoms with Crippen molar-refractivity contribution >= 4 is 38.1 Å². The van der Waals surface area contributed by atoms with Crippen molar-refractivity contribution in [2.75, 3.05) is 26.9 Å². The molecule has 0 aliphatic rings. The lowest BCUT2D eigenvalue weighted by Crippen LogP contribution is -2.32. The second kappa shape index (κ2) is 10.1. The number of ether oxygens (including phenoxy) is 2. The normalized spacial score (nSPS) is 11.8. The van der Waals surface area contributed by atoms with Gasteiger partial charge in [-0.2, -0.15) is 4.31 Å². The molecule has 0 atom stereocenters. The van der Waals surface area contributed by atoms with Gasteiger partial charge in [0.05, 0.1) is 18.0 Å². The van der Waals surface area contributed by atoms with Gasteiger partial charge < -0.3 is 9.47 Å². The van der Waals surface area contributed by atoms with Crippen molar-refractivity contribution in [2.45, 2.75) is 24.8 Å². The van der Waals surface area contributed by atoms with Gasteiger partial charge in [0.1, 0.15) is 5.01 Å². The largest absolute Gasteiger partial charge is 0.461 e. The average Bonchev–Trinajstić information content (AvgIpc) is 3.22. The van der Waals surface area contributed by atoms with Crippen molar-refractivity contribution < 1.29 is 22.7 Å². The van der Waals surface area contributed by atoms with Gasteiger partial charge in [0.15, 0.2) is 5.69 Å². The Hall–Kier alpha value is -2.33. The van der Waals surface area contributed by atoms with E-state index >= 15 is 0 Å². The predicted molar refractivity (Wildman–Crippen MR) is 116 cm³/mol. The molecule has 3 rings (SSSR count). The smallest absolute Gasteiger partial charge is 0.357 e. The lowest BCUT2D eigenvalue weighted by Gasteiger charge is -2.21. The molecule has 0 saturated carbocycles. The number of sulfonamides is 1. The van der Waals surface area contributed by atoms with Gasteiger partial charge in [0.2, 0.25) is 10.0 Å². The highest BCUT2D eigenvalue weighted by molar-refractivity contribution is 7.89. The van der Waals surface area contributed by atoms with E-state index < -0.39 is 16.0 Å². The van der Waals surface area contributed by atoms with E-state index in [-0.39, 0.29) is 30.3 Å². The zero-order valence-electron chi connectivity index (χ0n) is 16.9. The molecule has 2 aromatic carbocycles. The molecule has 9 heteroatoms. The SMILES string of the molecule is CCOC(=O)c1csc(CN(CCCOC)S(=O)(=O)c2ccc3ccccc3c2)n1. The molecule has 1 heterocycles. The van der Waals surface area contributed by atoms with E-state index in [2.05, 4.69) is 4.98 Å². The molecule has 30 heavy (non-hydrogen) atoms. The first-order valence-corrected chi connectivity index (χ1v) is 11.9. The molecule has 3 aromatic rings. The fraction of sp³-hybridized carbons (Fsp3) is 0.333. The Morgan fingerprint density at radius 2 is 1.93 bits per heavy atom. The Balaban J connectivity index is 1.88. The number of fused-ring (bicyclic) bond motifs is 1. The number of hydrogen-bond acceptors (Lipinski definition) is 7. The third-order valence-corrected chi connectivity index (χ3v) is 7.14.